The van der Waals surface area contributed by atoms with Gasteiger partial charge in [0.05, 0.1) is 31.6 Å². The van der Waals surface area contributed by atoms with Crippen molar-refractivity contribution in [1.82, 2.24) is 0 Å². The van der Waals surface area contributed by atoms with Crippen LogP contribution in [0.25, 0.3) is 32.7 Å². The summed E-state index contributed by atoms with van der Waals surface area (Å²) in [5.74, 6) is 0.116. The molecule has 4 atom stereocenters. The van der Waals surface area contributed by atoms with Crippen molar-refractivity contribution in [2.75, 3.05) is 20.8 Å². The monoisotopic (exact) mass is 446 g/mol. The Hall–Kier alpha value is -3.38. The first-order valence-corrected chi connectivity index (χ1v) is 9.58. The summed E-state index contributed by atoms with van der Waals surface area (Å²) in [7, 11) is 2.71. The smallest absolute Gasteiger partial charge is 0.344 e. The van der Waals surface area contributed by atoms with E-state index in [4.69, 9.17) is 27.8 Å². The Balaban J connectivity index is 1.79. The molecule has 2 aromatic heterocycles. The average Bonchev–Trinajstić information content (AvgIpc) is 2.78. The molecule has 11 heteroatoms. The lowest BCUT2D eigenvalue weighted by Gasteiger charge is -2.35. The maximum absolute atomic E-state index is 12.8. The Labute approximate surface area is 178 Å². The van der Waals surface area contributed by atoms with Crippen molar-refractivity contribution in [3.63, 3.8) is 0 Å². The zero-order valence-electron chi connectivity index (χ0n) is 16.9. The lowest BCUT2D eigenvalue weighted by molar-refractivity contribution is -0.242. The molecule has 0 bridgehead atoms. The molecular weight excluding hydrogens is 428 g/mol. The van der Waals surface area contributed by atoms with Crippen LogP contribution in [0.2, 0.25) is 0 Å². The predicted octanol–water partition coefficient (Wildman–Crippen LogP) is 0.325. The Morgan fingerprint density at radius 3 is 2.28 bits per heavy atom. The van der Waals surface area contributed by atoms with Gasteiger partial charge in [0.15, 0.2) is 22.7 Å². The number of rotatable bonds is 4. The first kappa shape index (κ1) is 20.5. The van der Waals surface area contributed by atoms with Crippen LogP contribution in [0.3, 0.4) is 0 Å². The molecule has 4 aromatic rings. The number of hydrogen-bond donors (Lipinski definition) is 3. The van der Waals surface area contributed by atoms with Crippen LogP contribution in [0, 0.1) is 0 Å². The van der Waals surface area contributed by atoms with Crippen LogP contribution in [0.5, 0.6) is 17.2 Å². The summed E-state index contributed by atoms with van der Waals surface area (Å²) in [6, 6.07) is 4.30. The second kappa shape index (κ2) is 7.35. The highest BCUT2D eigenvalue weighted by Gasteiger charge is 2.40. The van der Waals surface area contributed by atoms with Crippen molar-refractivity contribution in [1.29, 1.82) is 0 Å². The summed E-state index contributed by atoms with van der Waals surface area (Å²) in [5.41, 5.74) is -1.45. The minimum atomic E-state index is -1.60. The number of ether oxygens (including phenoxy) is 4. The molecule has 168 valence electrons. The molecular formula is C21H18O11. The van der Waals surface area contributed by atoms with Gasteiger partial charge in [-0.3, -0.25) is 0 Å². The molecule has 0 saturated carbocycles. The molecule has 0 radical (unpaired) electrons. The second-order valence-electron chi connectivity index (χ2n) is 7.33. The van der Waals surface area contributed by atoms with E-state index in [9.17, 15) is 24.9 Å². The van der Waals surface area contributed by atoms with Gasteiger partial charge in [-0.05, 0) is 18.2 Å². The van der Waals surface area contributed by atoms with Crippen LogP contribution in [0.4, 0.5) is 0 Å². The lowest BCUT2D eigenvalue weighted by atomic mass is 10.0. The lowest BCUT2D eigenvalue weighted by Crippen LogP contribution is -2.54. The quantitative estimate of drug-likeness (QED) is 0.293. The SMILES string of the molecule is COc1ccc2c(=O)oc3c(OC)c(O[C@@H]4OC[C@@H](O)[C@H](O)[C@H]4O)cc4c(=O)oc1c2c34. The highest BCUT2D eigenvalue weighted by molar-refractivity contribution is 6.21. The molecule has 1 fully saturated rings. The molecule has 5 rings (SSSR count). The van der Waals surface area contributed by atoms with E-state index >= 15 is 0 Å². The summed E-state index contributed by atoms with van der Waals surface area (Å²) in [4.78, 5) is 25.5. The second-order valence-corrected chi connectivity index (χ2v) is 7.33. The highest BCUT2D eigenvalue weighted by atomic mass is 16.7. The molecule has 0 unspecified atom stereocenters. The maximum atomic E-state index is 12.8. The van der Waals surface area contributed by atoms with Crippen molar-refractivity contribution in [3.8, 4) is 17.2 Å². The van der Waals surface area contributed by atoms with E-state index in [1.54, 1.807) is 0 Å². The van der Waals surface area contributed by atoms with E-state index in [1.165, 1.54) is 32.4 Å². The fourth-order valence-electron chi connectivity index (χ4n) is 3.95. The van der Waals surface area contributed by atoms with E-state index < -0.39 is 35.9 Å². The highest BCUT2D eigenvalue weighted by Crippen LogP contribution is 2.43. The number of benzene rings is 2. The number of methoxy groups -OCH3 is 2. The molecule has 32 heavy (non-hydrogen) atoms. The summed E-state index contributed by atoms with van der Waals surface area (Å²) in [5, 5.41) is 30.5. The fourth-order valence-corrected chi connectivity index (χ4v) is 3.95. The van der Waals surface area contributed by atoms with E-state index in [0.29, 0.717) is 5.39 Å². The fraction of sp³-hybridized carbons (Fsp3) is 0.333. The average molecular weight is 446 g/mol. The van der Waals surface area contributed by atoms with Crippen molar-refractivity contribution in [2.45, 2.75) is 24.6 Å². The largest absolute Gasteiger partial charge is 0.493 e. The van der Waals surface area contributed by atoms with Crippen LogP contribution >= 0.6 is 0 Å². The Kier molecular flexibility index (Phi) is 4.71. The van der Waals surface area contributed by atoms with E-state index in [-0.39, 0.29) is 51.2 Å². The van der Waals surface area contributed by atoms with Crippen LogP contribution in [-0.4, -0.2) is 60.7 Å². The third kappa shape index (κ3) is 2.83. The van der Waals surface area contributed by atoms with Gasteiger partial charge in [0.1, 0.15) is 18.3 Å². The molecule has 0 spiro atoms. The van der Waals surface area contributed by atoms with Gasteiger partial charge in [0.2, 0.25) is 12.0 Å². The van der Waals surface area contributed by atoms with Gasteiger partial charge in [-0.25, -0.2) is 9.59 Å². The third-order valence-corrected chi connectivity index (χ3v) is 5.52. The van der Waals surface area contributed by atoms with Crippen LogP contribution in [0.15, 0.2) is 36.6 Å². The normalized spacial score (nSPS) is 23.8. The zero-order chi connectivity index (χ0) is 22.7. The van der Waals surface area contributed by atoms with Gasteiger partial charge in [-0.15, -0.1) is 0 Å². The Morgan fingerprint density at radius 2 is 1.56 bits per heavy atom. The van der Waals surface area contributed by atoms with Gasteiger partial charge in [-0.2, -0.15) is 0 Å². The number of aliphatic hydroxyl groups is 3. The standard InChI is InChI=1S/C21H18O11/c1-27-10-4-3-7-12-13-8(20(26)31-16(10)12)5-11(17(28-2)18(13)32-19(7)25)30-21-15(24)14(23)9(22)6-29-21/h3-5,9,14-15,21-24H,6H2,1-2H3/t9-,14+,15-,21+/m1/s1. The summed E-state index contributed by atoms with van der Waals surface area (Å²) >= 11 is 0. The number of aliphatic hydroxyl groups excluding tert-OH is 3. The molecule has 1 aliphatic heterocycles. The van der Waals surface area contributed by atoms with Crippen molar-refractivity contribution < 1.29 is 43.1 Å². The summed E-state index contributed by atoms with van der Waals surface area (Å²) < 4.78 is 32.5. The van der Waals surface area contributed by atoms with E-state index in [0.717, 1.165) is 0 Å². The first-order valence-electron chi connectivity index (χ1n) is 9.58. The molecule has 1 saturated heterocycles. The van der Waals surface area contributed by atoms with Gasteiger partial charge in [0, 0.05) is 10.8 Å². The van der Waals surface area contributed by atoms with E-state index in [1.807, 2.05) is 0 Å². The Bertz CT molecular complexity index is 1440. The van der Waals surface area contributed by atoms with Crippen LogP contribution < -0.4 is 25.5 Å². The zero-order valence-corrected chi connectivity index (χ0v) is 16.9. The maximum Gasteiger partial charge on any atom is 0.344 e. The predicted molar refractivity (Wildman–Crippen MR) is 109 cm³/mol. The van der Waals surface area contributed by atoms with Crippen molar-refractivity contribution in [3.05, 3.63) is 39.0 Å². The summed E-state index contributed by atoms with van der Waals surface area (Å²) in [6.45, 7) is -0.295. The van der Waals surface area contributed by atoms with Crippen LogP contribution in [0.1, 0.15) is 0 Å². The van der Waals surface area contributed by atoms with Gasteiger partial charge >= 0.3 is 11.3 Å². The Morgan fingerprint density at radius 1 is 0.875 bits per heavy atom. The van der Waals surface area contributed by atoms with Gasteiger partial charge in [0.25, 0.3) is 0 Å². The molecule has 0 aliphatic carbocycles. The van der Waals surface area contributed by atoms with E-state index in [2.05, 4.69) is 0 Å². The summed E-state index contributed by atoms with van der Waals surface area (Å²) in [6.07, 6.45) is -5.80. The molecule has 1 aliphatic rings. The van der Waals surface area contributed by atoms with Crippen molar-refractivity contribution >= 4 is 32.7 Å². The topological polar surface area (TPSA) is 158 Å². The molecule has 11 nitrogen and oxygen atoms in total. The molecule has 0 amide bonds. The number of hydrogen-bond acceptors (Lipinski definition) is 11. The van der Waals surface area contributed by atoms with Gasteiger partial charge in [-0.1, -0.05) is 0 Å². The minimum absolute atomic E-state index is 0.0242. The first-order chi connectivity index (χ1) is 15.3. The minimum Gasteiger partial charge on any atom is -0.493 e. The van der Waals surface area contributed by atoms with Crippen LogP contribution in [-0.2, 0) is 4.74 Å². The molecule has 3 N–H and O–H groups in total. The molecule has 2 aromatic carbocycles. The van der Waals surface area contributed by atoms with Crippen molar-refractivity contribution in [2.24, 2.45) is 0 Å². The third-order valence-electron chi connectivity index (χ3n) is 5.52. The van der Waals surface area contributed by atoms with Gasteiger partial charge < -0.3 is 43.1 Å². The molecule has 3 heterocycles.